The fourth-order valence-electron chi connectivity index (χ4n) is 6.33. The second-order valence-corrected chi connectivity index (χ2v) is 14.9. The molecule has 1 aliphatic rings. The highest BCUT2D eigenvalue weighted by molar-refractivity contribution is 7.44. The minimum atomic E-state index is -1.54. The Morgan fingerprint density at radius 3 is 2.02 bits per heavy atom. The van der Waals surface area contributed by atoms with Crippen LogP contribution in [-0.2, 0) is 25.1 Å². The Balaban J connectivity index is 1.45. The van der Waals surface area contributed by atoms with Gasteiger partial charge in [0.15, 0.2) is 0 Å². The van der Waals surface area contributed by atoms with Crippen LogP contribution in [0.25, 0.3) is 22.3 Å². The van der Waals surface area contributed by atoms with Gasteiger partial charge in [-0.3, -0.25) is 14.3 Å². The van der Waals surface area contributed by atoms with E-state index in [0.717, 1.165) is 39.3 Å². The zero-order chi connectivity index (χ0) is 38.1. The van der Waals surface area contributed by atoms with Gasteiger partial charge >= 0.3 is 5.69 Å². The highest BCUT2D eigenvalue weighted by Gasteiger charge is 2.39. The molecule has 1 fully saturated rings. The van der Waals surface area contributed by atoms with E-state index >= 15 is 0 Å². The van der Waals surface area contributed by atoms with Crippen molar-refractivity contribution in [2.75, 3.05) is 27.4 Å². The minimum Gasteiger partial charge on any atom is -0.497 e. The van der Waals surface area contributed by atoms with Gasteiger partial charge in [-0.2, -0.15) is 5.26 Å². The Morgan fingerprint density at radius 1 is 0.906 bits per heavy atom. The van der Waals surface area contributed by atoms with Crippen molar-refractivity contribution >= 4 is 8.53 Å². The van der Waals surface area contributed by atoms with Gasteiger partial charge in [-0.25, -0.2) is 9.46 Å². The third-order valence-electron chi connectivity index (χ3n) is 8.95. The summed E-state index contributed by atoms with van der Waals surface area (Å²) >= 11 is 0. The number of hydrogen-bond acceptors (Lipinski definition) is 10. The Bertz CT molecular complexity index is 1880. The van der Waals surface area contributed by atoms with Crippen LogP contribution in [0, 0.1) is 18.3 Å². The minimum absolute atomic E-state index is 0.119. The summed E-state index contributed by atoms with van der Waals surface area (Å²) in [7, 11) is 1.75. The summed E-state index contributed by atoms with van der Waals surface area (Å²) < 4.78 is 40.1. The predicted octanol–water partition coefficient (Wildman–Crippen LogP) is 7.36. The second-order valence-electron chi connectivity index (χ2n) is 13.4. The van der Waals surface area contributed by atoms with Crippen molar-refractivity contribution < 1.29 is 28.0 Å². The summed E-state index contributed by atoms with van der Waals surface area (Å²) in [6, 6.07) is 24.6. The first-order chi connectivity index (χ1) is 25.5. The van der Waals surface area contributed by atoms with Crippen LogP contribution in [0.4, 0.5) is 0 Å². The number of ether oxygens (including phenoxy) is 4. The standard InChI is InChI=1S/C40H49N4O8P/c1-26(2)44(27(3)4)53(50-18-8-17-41)51-25-37-36(22-38(52-37)43-23-28(5)39(45)42-40(43)46)49-24-29-19-32(30-9-13-34(47-6)14-10-30)21-33(20-29)31-11-15-35(48-7)16-12-31/h9-16,19-21,23,26-27,36-38H,8,18,22,24-25H2,1-7H3,(H,42,45,46)/t36-,37+,38+,53?/m0/s1. The summed E-state index contributed by atoms with van der Waals surface area (Å²) in [5.74, 6) is 1.54. The van der Waals surface area contributed by atoms with E-state index in [-0.39, 0.29) is 38.3 Å². The molecule has 0 amide bonds. The van der Waals surface area contributed by atoms with Crippen molar-refractivity contribution in [2.24, 2.45) is 0 Å². The van der Waals surface area contributed by atoms with Gasteiger partial charge in [0, 0.05) is 30.3 Å². The summed E-state index contributed by atoms with van der Waals surface area (Å²) in [4.78, 5) is 27.5. The lowest BCUT2D eigenvalue weighted by atomic mass is 9.96. The zero-order valence-electron chi connectivity index (χ0n) is 31.4. The largest absolute Gasteiger partial charge is 0.497 e. The summed E-state index contributed by atoms with van der Waals surface area (Å²) in [5.41, 5.74) is 4.41. The molecule has 0 spiro atoms. The molecule has 5 rings (SSSR count). The van der Waals surface area contributed by atoms with Gasteiger partial charge < -0.3 is 28.0 Å². The van der Waals surface area contributed by atoms with Gasteiger partial charge in [-0.15, -0.1) is 0 Å². The first-order valence-electron chi connectivity index (χ1n) is 17.7. The Hall–Kier alpha value is -4.34. The lowest BCUT2D eigenvalue weighted by Crippen LogP contribution is -2.35. The topological polar surface area (TPSA) is 137 Å². The molecule has 1 unspecified atom stereocenters. The first kappa shape index (κ1) is 39.9. The molecule has 1 aromatic heterocycles. The first-order valence-corrected chi connectivity index (χ1v) is 18.9. The number of aromatic amines is 1. The maximum absolute atomic E-state index is 12.9. The molecule has 282 valence electrons. The van der Waals surface area contributed by atoms with E-state index in [2.05, 4.69) is 61.6 Å². The van der Waals surface area contributed by atoms with E-state index in [4.69, 9.17) is 33.3 Å². The summed E-state index contributed by atoms with van der Waals surface area (Å²) in [5, 5.41) is 9.16. The molecule has 1 saturated heterocycles. The van der Waals surface area contributed by atoms with E-state index in [9.17, 15) is 9.59 Å². The number of aromatic nitrogens is 2. The molecule has 3 aromatic carbocycles. The monoisotopic (exact) mass is 744 g/mol. The molecule has 0 saturated carbocycles. The molecule has 0 aliphatic carbocycles. The van der Waals surface area contributed by atoms with Crippen LogP contribution in [0.15, 0.2) is 82.5 Å². The fourth-order valence-corrected chi connectivity index (χ4v) is 7.94. The third kappa shape index (κ3) is 10.2. The van der Waals surface area contributed by atoms with Crippen LogP contribution in [0.1, 0.15) is 57.9 Å². The number of benzene rings is 3. The fraction of sp³-hybridized carbons (Fsp3) is 0.425. The van der Waals surface area contributed by atoms with Crippen LogP contribution >= 0.6 is 8.53 Å². The van der Waals surface area contributed by atoms with E-state index in [1.54, 1.807) is 21.1 Å². The van der Waals surface area contributed by atoms with Crippen molar-refractivity contribution in [3.63, 3.8) is 0 Å². The van der Waals surface area contributed by atoms with Gasteiger partial charge in [-0.05, 0) is 105 Å². The number of hydrogen-bond donors (Lipinski definition) is 1. The van der Waals surface area contributed by atoms with E-state index in [1.807, 2.05) is 48.5 Å². The highest BCUT2D eigenvalue weighted by atomic mass is 31.2. The van der Waals surface area contributed by atoms with Crippen LogP contribution in [0.2, 0.25) is 0 Å². The molecule has 1 N–H and O–H groups in total. The number of H-pyrrole nitrogens is 1. The third-order valence-corrected chi connectivity index (χ3v) is 11.0. The van der Waals surface area contributed by atoms with Crippen molar-refractivity contribution in [2.45, 2.75) is 84.6 Å². The molecule has 0 radical (unpaired) electrons. The predicted molar refractivity (Wildman–Crippen MR) is 205 cm³/mol. The average Bonchev–Trinajstić information content (AvgIpc) is 3.56. The summed E-state index contributed by atoms with van der Waals surface area (Å²) in [6.07, 6.45) is 0.347. The average molecular weight is 745 g/mol. The molecule has 13 heteroatoms. The van der Waals surface area contributed by atoms with Gasteiger partial charge in [-0.1, -0.05) is 24.3 Å². The molecule has 2 heterocycles. The molecular formula is C40H49N4O8P. The number of rotatable bonds is 17. The van der Waals surface area contributed by atoms with Gasteiger partial charge in [0.05, 0.1) is 52.6 Å². The molecule has 4 aromatic rings. The Labute approximate surface area is 312 Å². The molecular weight excluding hydrogens is 695 g/mol. The van der Waals surface area contributed by atoms with Gasteiger partial charge in [0.1, 0.15) is 23.8 Å². The maximum atomic E-state index is 12.9. The van der Waals surface area contributed by atoms with Crippen LogP contribution in [0.3, 0.4) is 0 Å². The lowest BCUT2D eigenvalue weighted by Gasteiger charge is -2.36. The van der Waals surface area contributed by atoms with Crippen LogP contribution in [0.5, 0.6) is 11.5 Å². The van der Waals surface area contributed by atoms with Crippen molar-refractivity contribution in [3.8, 4) is 39.8 Å². The molecule has 53 heavy (non-hydrogen) atoms. The normalized spacial score (nSPS) is 17.7. The second kappa shape index (κ2) is 18.6. The molecule has 4 atom stereocenters. The molecule has 1 aliphatic heterocycles. The van der Waals surface area contributed by atoms with Gasteiger partial charge in [0.25, 0.3) is 14.1 Å². The van der Waals surface area contributed by atoms with Crippen LogP contribution in [-0.4, -0.2) is 65.9 Å². The maximum Gasteiger partial charge on any atom is 0.330 e. The van der Waals surface area contributed by atoms with Crippen molar-refractivity contribution in [1.82, 2.24) is 14.2 Å². The number of nitriles is 1. The quantitative estimate of drug-likeness (QED) is 0.0863. The Morgan fingerprint density at radius 2 is 1.49 bits per heavy atom. The number of nitrogens with one attached hydrogen (secondary N) is 1. The van der Waals surface area contributed by atoms with E-state index in [1.165, 1.54) is 10.8 Å². The molecule has 0 bridgehead atoms. The number of aryl methyl sites for hydroxylation is 1. The summed E-state index contributed by atoms with van der Waals surface area (Å²) in [6.45, 7) is 10.6. The SMILES string of the molecule is COc1ccc(-c2cc(CO[C@H]3C[C@H](n4cc(C)c(=O)[nH]c4=O)O[C@@H]3COP(OCCC#N)N(C(C)C)C(C)C)cc(-c3ccc(OC)cc3)c2)cc1. The lowest BCUT2D eigenvalue weighted by molar-refractivity contribution is -0.0632. The smallest absolute Gasteiger partial charge is 0.330 e. The van der Waals surface area contributed by atoms with E-state index < -0.39 is 38.2 Å². The Kier molecular flexibility index (Phi) is 14.0. The molecule has 12 nitrogen and oxygen atoms in total. The van der Waals surface area contributed by atoms with Crippen LogP contribution < -0.4 is 20.7 Å². The van der Waals surface area contributed by atoms with Gasteiger partial charge in [0.2, 0.25) is 0 Å². The highest BCUT2D eigenvalue weighted by Crippen LogP contribution is 2.47. The number of methoxy groups -OCH3 is 2. The van der Waals surface area contributed by atoms with Crippen molar-refractivity contribution in [3.05, 3.63) is 105 Å². The number of nitrogens with zero attached hydrogens (tertiary/aromatic N) is 3. The zero-order valence-corrected chi connectivity index (χ0v) is 32.3. The van der Waals surface area contributed by atoms with E-state index in [0.29, 0.717) is 12.0 Å². The van der Waals surface area contributed by atoms with Crippen molar-refractivity contribution in [1.29, 1.82) is 5.26 Å².